The Bertz CT molecular complexity index is 1470. The minimum absolute atomic E-state index is 0.0406. The maximum atomic E-state index is 15.1. The third kappa shape index (κ3) is 5.78. The van der Waals surface area contributed by atoms with Gasteiger partial charge < -0.3 is 14.9 Å². The van der Waals surface area contributed by atoms with E-state index < -0.39 is 5.82 Å². The van der Waals surface area contributed by atoms with Crippen molar-refractivity contribution in [1.82, 2.24) is 24.8 Å². The van der Waals surface area contributed by atoms with Crippen LogP contribution in [0.15, 0.2) is 35.6 Å². The van der Waals surface area contributed by atoms with E-state index in [0.717, 1.165) is 6.41 Å². The molecule has 42 heavy (non-hydrogen) atoms. The molecule has 1 aliphatic heterocycles. The molecule has 0 spiro atoms. The molecule has 0 radical (unpaired) electrons. The SMILES string of the molecule is C/N=C(\c1cc(Cl)c(-c2c(O)cccc2F)nc1N(C=O)c1c(C(C)C)ncnc1C(C)C)N1CCN(C=O)CC1C. The number of halogens is 2. The lowest BCUT2D eigenvalue weighted by molar-refractivity contribution is -0.120. The van der Waals surface area contributed by atoms with E-state index in [-0.39, 0.29) is 45.7 Å². The van der Waals surface area contributed by atoms with Crippen molar-refractivity contribution in [3.63, 3.8) is 0 Å². The van der Waals surface area contributed by atoms with Crippen molar-refractivity contribution < 1.29 is 19.1 Å². The van der Waals surface area contributed by atoms with Gasteiger partial charge in [-0.25, -0.2) is 19.3 Å². The van der Waals surface area contributed by atoms with Crippen molar-refractivity contribution in [2.45, 2.75) is 52.5 Å². The molecule has 1 fully saturated rings. The predicted octanol–water partition coefficient (Wildman–Crippen LogP) is 5.12. The van der Waals surface area contributed by atoms with Crippen LogP contribution in [0.4, 0.5) is 15.9 Å². The van der Waals surface area contributed by atoms with E-state index in [1.807, 2.05) is 39.5 Å². The molecule has 2 amide bonds. The summed E-state index contributed by atoms with van der Waals surface area (Å²) in [6.45, 7) is 11.2. The second-order valence-electron chi connectivity index (χ2n) is 10.8. The van der Waals surface area contributed by atoms with Gasteiger partial charge in [0.1, 0.15) is 23.7 Å². The van der Waals surface area contributed by atoms with Crippen LogP contribution < -0.4 is 4.90 Å². The summed E-state index contributed by atoms with van der Waals surface area (Å²) in [6, 6.07) is 5.38. The fourth-order valence-corrected chi connectivity index (χ4v) is 5.50. The molecule has 0 bridgehead atoms. The molecule has 4 rings (SSSR count). The van der Waals surface area contributed by atoms with Gasteiger partial charge in [0, 0.05) is 32.7 Å². The third-order valence-corrected chi connectivity index (χ3v) is 7.55. The van der Waals surface area contributed by atoms with E-state index in [4.69, 9.17) is 16.6 Å². The molecular formula is C30H35ClFN7O3. The van der Waals surface area contributed by atoms with Crippen LogP contribution in [-0.2, 0) is 9.59 Å². The number of rotatable bonds is 8. The number of aromatic nitrogens is 3. The molecule has 1 unspecified atom stereocenters. The fourth-order valence-electron chi connectivity index (χ4n) is 5.26. The highest BCUT2D eigenvalue weighted by Crippen LogP contribution is 2.42. The van der Waals surface area contributed by atoms with Gasteiger partial charge in [-0.2, -0.15) is 0 Å². The summed E-state index contributed by atoms with van der Waals surface area (Å²) in [5, 5.41) is 10.7. The molecule has 1 atom stereocenters. The van der Waals surface area contributed by atoms with Crippen LogP contribution in [0, 0.1) is 5.82 Å². The standard InChI is InChI=1S/C30H35ClFN7O3/c1-17(2)25-28(26(18(3)4)35-14-34-25)39(16-41)30-20(29(33-6)38-11-10-37(15-40)13-19(38)5)12-21(31)27(36-30)24-22(32)8-7-9-23(24)42/h7-9,12,14-19,42H,10-11,13H2,1-6H3/b33-29+. The summed E-state index contributed by atoms with van der Waals surface area (Å²) in [6.07, 6.45) is 2.92. The monoisotopic (exact) mass is 595 g/mol. The summed E-state index contributed by atoms with van der Waals surface area (Å²) < 4.78 is 15.1. The average molecular weight is 596 g/mol. The fraction of sp³-hybridized carbons (Fsp3) is 0.400. The number of nitrogens with zero attached hydrogens (tertiary/aromatic N) is 7. The summed E-state index contributed by atoms with van der Waals surface area (Å²) in [7, 11) is 1.62. The molecule has 3 aromatic rings. The van der Waals surface area contributed by atoms with Gasteiger partial charge >= 0.3 is 0 Å². The molecule has 12 heteroatoms. The number of amidine groups is 1. The zero-order chi connectivity index (χ0) is 30.7. The molecule has 3 heterocycles. The van der Waals surface area contributed by atoms with Gasteiger partial charge in [0.05, 0.1) is 38.9 Å². The lowest BCUT2D eigenvalue weighted by Gasteiger charge is -2.40. The highest BCUT2D eigenvalue weighted by atomic mass is 35.5. The molecule has 1 aromatic carbocycles. The van der Waals surface area contributed by atoms with E-state index in [2.05, 4.69) is 15.0 Å². The predicted molar refractivity (Wildman–Crippen MR) is 161 cm³/mol. The number of piperazine rings is 1. The summed E-state index contributed by atoms with van der Waals surface area (Å²) in [4.78, 5) is 48.0. The third-order valence-electron chi connectivity index (χ3n) is 7.26. The summed E-state index contributed by atoms with van der Waals surface area (Å²) in [5.41, 5.74) is 1.90. The molecule has 10 nitrogen and oxygen atoms in total. The van der Waals surface area contributed by atoms with E-state index in [0.29, 0.717) is 54.5 Å². The van der Waals surface area contributed by atoms with Crippen molar-refractivity contribution >= 4 is 41.8 Å². The molecule has 0 aliphatic carbocycles. The lowest BCUT2D eigenvalue weighted by Crippen LogP contribution is -2.53. The number of pyridine rings is 1. The summed E-state index contributed by atoms with van der Waals surface area (Å²) >= 11 is 6.76. The Morgan fingerprint density at radius 2 is 1.83 bits per heavy atom. The quantitative estimate of drug-likeness (QED) is 0.218. The number of aliphatic imine (C=N–C) groups is 1. The first-order chi connectivity index (χ1) is 20.0. The van der Waals surface area contributed by atoms with Crippen LogP contribution in [0.5, 0.6) is 5.75 Å². The van der Waals surface area contributed by atoms with Gasteiger partial charge in [-0.15, -0.1) is 0 Å². The average Bonchev–Trinajstić information content (AvgIpc) is 2.95. The molecule has 222 valence electrons. The zero-order valence-electron chi connectivity index (χ0n) is 24.5. The van der Waals surface area contributed by atoms with Crippen LogP contribution in [0.2, 0.25) is 5.02 Å². The van der Waals surface area contributed by atoms with Crippen molar-refractivity contribution in [1.29, 1.82) is 0 Å². The Labute approximate surface area is 249 Å². The van der Waals surface area contributed by atoms with Gasteiger partial charge in [-0.05, 0) is 37.0 Å². The van der Waals surface area contributed by atoms with Gasteiger partial charge in [-0.3, -0.25) is 19.5 Å². The van der Waals surface area contributed by atoms with E-state index in [9.17, 15) is 14.7 Å². The Morgan fingerprint density at radius 3 is 2.36 bits per heavy atom. The minimum atomic E-state index is -0.725. The first-order valence-corrected chi connectivity index (χ1v) is 14.1. The zero-order valence-corrected chi connectivity index (χ0v) is 25.3. The highest BCUT2D eigenvalue weighted by molar-refractivity contribution is 6.33. The van der Waals surface area contributed by atoms with E-state index in [1.165, 1.54) is 29.4 Å². The van der Waals surface area contributed by atoms with Crippen molar-refractivity contribution in [3.05, 3.63) is 58.4 Å². The molecular weight excluding hydrogens is 561 g/mol. The Kier molecular flexibility index (Phi) is 9.40. The molecule has 1 aliphatic rings. The number of phenolic OH excluding ortho intramolecular Hbond substituents is 1. The Morgan fingerprint density at radius 1 is 1.17 bits per heavy atom. The minimum Gasteiger partial charge on any atom is -0.507 e. The second kappa shape index (κ2) is 12.8. The molecule has 1 N–H and O–H groups in total. The number of phenols is 1. The van der Waals surface area contributed by atoms with Gasteiger partial charge in [0.2, 0.25) is 12.8 Å². The van der Waals surface area contributed by atoms with E-state index >= 15 is 4.39 Å². The largest absolute Gasteiger partial charge is 0.507 e. The van der Waals surface area contributed by atoms with Crippen molar-refractivity contribution in [2.24, 2.45) is 4.99 Å². The summed E-state index contributed by atoms with van der Waals surface area (Å²) in [5.74, 6) is -0.622. The molecule has 0 saturated carbocycles. The van der Waals surface area contributed by atoms with E-state index in [1.54, 1.807) is 18.0 Å². The highest BCUT2D eigenvalue weighted by Gasteiger charge is 2.33. The first-order valence-electron chi connectivity index (χ1n) is 13.7. The molecule has 2 aromatic heterocycles. The first kappa shape index (κ1) is 30.8. The van der Waals surface area contributed by atoms with Crippen LogP contribution in [0.3, 0.4) is 0 Å². The van der Waals surface area contributed by atoms with Crippen molar-refractivity contribution in [3.8, 4) is 17.0 Å². The van der Waals surface area contributed by atoms with Gasteiger partial charge in [-0.1, -0.05) is 45.4 Å². The van der Waals surface area contributed by atoms with Crippen molar-refractivity contribution in [2.75, 3.05) is 31.6 Å². The number of anilines is 2. The number of carbonyl (C=O) groups excluding carboxylic acids is 2. The number of amides is 2. The number of hydrogen-bond acceptors (Lipinski definition) is 7. The number of hydrogen-bond donors (Lipinski definition) is 1. The maximum Gasteiger partial charge on any atom is 0.220 e. The normalized spacial score (nSPS) is 15.9. The Balaban J connectivity index is 2.05. The number of carbonyl (C=O) groups is 2. The Hall–Kier alpha value is -4.12. The lowest BCUT2D eigenvalue weighted by atomic mass is 10.00. The number of benzene rings is 1. The van der Waals surface area contributed by atoms with Gasteiger partial charge in [0.15, 0.2) is 5.82 Å². The smallest absolute Gasteiger partial charge is 0.220 e. The maximum absolute atomic E-state index is 15.1. The molecule has 1 saturated heterocycles. The topological polar surface area (TPSA) is 115 Å². The van der Waals surface area contributed by atoms with Crippen LogP contribution >= 0.6 is 11.6 Å². The number of aromatic hydroxyl groups is 1. The van der Waals surface area contributed by atoms with Crippen LogP contribution in [-0.4, -0.2) is 81.2 Å². The van der Waals surface area contributed by atoms with Crippen LogP contribution in [0.25, 0.3) is 11.3 Å². The van der Waals surface area contributed by atoms with Crippen LogP contribution in [0.1, 0.15) is 63.4 Å². The van der Waals surface area contributed by atoms with Gasteiger partial charge in [0.25, 0.3) is 0 Å². The second-order valence-corrected chi connectivity index (χ2v) is 11.2.